The monoisotopic (exact) mass is 604 g/mol. The number of rotatable bonds is 9. The van der Waals surface area contributed by atoms with Crippen molar-refractivity contribution in [3.63, 3.8) is 0 Å². The van der Waals surface area contributed by atoms with Crippen LogP contribution in [0.25, 0.3) is 6.08 Å². The number of ether oxygens (including phenoxy) is 4. The number of benzene rings is 3. The van der Waals surface area contributed by atoms with E-state index in [4.69, 9.17) is 30.5 Å². The molecule has 0 bridgehead atoms. The maximum atomic E-state index is 14.0. The van der Waals surface area contributed by atoms with Crippen LogP contribution in [-0.2, 0) is 16.1 Å². The predicted octanol–water partition coefficient (Wildman–Crippen LogP) is 5.05. The first-order valence-electron chi connectivity index (χ1n) is 13.2. The molecule has 0 N–H and O–H groups in total. The number of hydrogen-bond acceptors (Lipinski definition) is 8. The lowest BCUT2D eigenvalue weighted by Crippen LogP contribution is -2.40. The van der Waals surface area contributed by atoms with Gasteiger partial charge in [0.15, 0.2) is 16.3 Å². The Labute approximate surface area is 251 Å². The number of allylic oxidation sites excluding steroid dienone is 1. The van der Waals surface area contributed by atoms with Crippen molar-refractivity contribution in [3.8, 4) is 17.2 Å². The second-order valence-electron chi connectivity index (χ2n) is 9.37. The molecule has 3 aromatic carbocycles. The molecule has 4 aromatic rings. The zero-order valence-corrected chi connectivity index (χ0v) is 25.1. The van der Waals surface area contributed by atoms with Gasteiger partial charge in [-0.05, 0) is 61.4 Å². The number of thiazole rings is 1. The van der Waals surface area contributed by atoms with Crippen LogP contribution in [0, 0.1) is 0 Å². The van der Waals surface area contributed by atoms with Gasteiger partial charge in [0.2, 0.25) is 0 Å². The maximum absolute atomic E-state index is 14.0. The number of halogens is 1. The van der Waals surface area contributed by atoms with E-state index in [1.807, 2.05) is 48.5 Å². The first-order valence-corrected chi connectivity index (χ1v) is 14.4. The number of fused-ring (bicyclic) bond motifs is 1. The van der Waals surface area contributed by atoms with Crippen LogP contribution in [0.2, 0.25) is 5.02 Å². The topological polar surface area (TPSA) is 88.4 Å². The Kier molecular flexibility index (Phi) is 8.80. The highest BCUT2D eigenvalue weighted by atomic mass is 35.5. The van der Waals surface area contributed by atoms with Crippen LogP contribution >= 0.6 is 22.9 Å². The van der Waals surface area contributed by atoms with Crippen molar-refractivity contribution in [2.45, 2.75) is 26.5 Å². The summed E-state index contributed by atoms with van der Waals surface area (Å²) in [5.74, 6) is 1.09. The summed E-state index contributed by atoms with van der Waals surface area (Å²) in [5, 5.41) is 0.655. The molecule has 8 nitrogen and oxygen atoms in total. The Hall–Kier alpha value is -4.34. The number of methoxy groups -OCH3 is 2. The number of aromatic nitrogens is 1. The summed E-state index contributed by atoms with van der Waals surface area (Å²) in [6.45, 7) is 4.01. The Morgan fingerprint density at radius 3 is 2.48 bits per heavy atom. The molecule has 0 saturated heterocycles. The summed E-state index contributed by atoms with van der Waals surface area (Å²) < 4.78 is 24.4. The van der Waals surface area contributed by atoms with Gasteiger partial charge in [0.1, 0.15) is 12.4 Å². The zero-order valence-electron chi connectivity index (χ0n) is 23.5. The fraction of sp³-hybridized carbons (Fsp3) is 0.219. The van der Waals surface area contributed by atoms with E-state index in [9.17, 15) is 9.59 Å². The molecule has 5 rings (SSSR count). The molecule has 216 valence electrons. The quantitative estimate of drug-likeness (QED) is 0.249. The lowest BCUT2D eigenvalue weighted by Gasteiger charge is -2.25. The summed E-state index contributed by atoms with van der Waals surface area (Å²) >= 11 is 7.25. The minimum Gasteiger partial charge on any atom is -0.493 e. The van der Waals surface area contributed by atoms with Crippen LogP contribution in [0.1, 0.15) is 36.6 Å². The summed E-state index contributed by atoms with van der Waals surface area (Å²) in [4.78, 5) is 32.4. The Bertz CT molecular complexity index is 1840. The van der Waals surface area contributed by atoms with E-state index in [1.165, 1.54) is 23.0 Å². The maximum Gasteiger partial charge on any atom is 0.338 e. The van der Waals surface area contributed by atoms with Crippen LogP contribution in [-0.4, -0.2) is 31.4 Å². The van der Waals surface area contributed by atoms with Crippen molar-refractivity contribution in [3.05, 3.63) is 119 Å². The van der Waals surface area contributed by atoms with Crippen LogP contribution in [0.5, 0.6) is 17.2 Å². The Morgan fingerprint density at radius 1 is 1.02 bits per heavy atom. The van der Waals surface area contributed by atoms with Gasteiger partial charge in [-0.25, -0.2) is 9.79 Å². The third-order valence-electron chi connectivity index (χ3n) is 6.75. The normalized spacial score (nSPS) is 14.7. The van der Waals surface area contributed by atoms with E-state index in [2.05, 4.69) is 4.99 Å². The first kappa shape index (κ1) is 29.2. The molecular formula is C32H29ClN2O6S. The number of esters is 1. The minimum atomic E-state index is -0.779. The fourth-order valence-electron chi connectivity index (χ4n) is 4.74. The largest absolute Gasteiger partial charge is 0.493 e. The number of hydrogen-bond donors (Lipinski definition) is 0. The zero-order chi connectivity index (χ0) is 29.8. The molecule has 0 spiro atoms. The molecule has 1 unspecified atom stereocenters. The second-order valence-corrected chi connectivity index (χ2v) is 10.8. The highest BCUT2D eigenvalue weighted by molar-refractivity contribution is 7.07. The van der Waals surface area contributed by atoms with Gasteiger partial charge >= 0.3 is 5.97 Å². The van der Waals surface area contributed by atoms with Crippen LogP contribution < -0.4 is 29.1 Å². The molecule has 0 amide bonds. The number of nitrogens with zero attached hydrogens (tertiary/aromatic N) is 2. The predicted molar refractivity (Wildman–Crippen MR) is 162 cm³/mol. The molecule has 1 aliphatic heterocycles. The third-order valence-corrected chi connectivity index (χ3v) is 7.99. The lowest BCUT2D eigenvalue weighted by molar-refractivity contribution is -0.139. The molecule has 0 fully saturated rings. The molecule has 1 atom stereocenters. The molecule has 1 aliphatic rings. The Morgan fingerprint density at radius 2 is 1.76 bits per heavy atom. The van der Waals surface area contributed by atoms with Gasteiger partial charge in [0.05, 0.1) is 42.7 Å². The van der Waals surface area contributed by atoms with Crippen LogP contribution in [0.4, 0.5) is 0 Å². The molecule has 0 radical (unpaired) electrons. The molecule has 0 aliphatic carbocycles. The van der Waals surface area contributed by atoms with Crippen molar-refractivity contribution in [1.29, 1.82) is 0 Å². The SMILES string of the molecule is CCOC(=O)C1=C(C)N=c2s/c(=C\c3ccccc3OCc3ccc(Cl)cc3)c(=O)n2C1c1ccc(OC)c(OC)c1. The summed E-state index contributed by atoms with van der Waals surface area (Å²) in [6, 6.07) is 19.5. The molecule has 10 heteroatoms. The molecule has 42 heavy (non-hydrogen) atoms. The first-order chi connectivity index (χ1) is 20.3. The highest BCUT2D eigenvalue weighted by Gasteiger charge is 2.34. The van der Waals surface area contributed by atoms with Crippen molar-refractivity contribution in [1.82, 2.24) is 4.57 Å². The lowest BCUT2D eigenvalue weighted by atomic mass is 9.95. The third kappa shape index (κ3) is 5.84. The van der Waals surface area contributed by atoms with E-state index in [-0.39, 0.29) is 17.7 Å². The summed E-state index contributed by atoms with van der Waals surface area (Å²) in [5.41, 5.74) is 2.83. The van der Waals surface area contributed by atoms with Crippen molar-refractivity contribution >= 4 is 35.0 Å². The molecule has 0 saturated carbocycles. The molecular weight excluding hydrogens is 576 g/mol. The van der Waals surface area contributed by atoms with E-state index in [0.717, 1.165) is 11.1 Å². The van der Waals surface area contributed by atoms with Crippen molar-refractivity contribution in [2.24, 2.45) is 4.99 Å². The minimum absolute atomic E-state index is 0.186. The summed E-state index contributed by atoms with van der Waals surface area (Å²) in [6.07, 6.45) is 1.79. The van der Waals surface area contributed by atoms with Crippen LogP contribution in [0.15, 0.2) is 87.8 Å². The molecule has 1 aromatic heterocycles. The van der Waals surface area contributed by atoms with Gasteiger partial charge in [0.25, 0.3) is 5.56 Å². The summed E-state index contributed by atoms with van der Waals surface area (Å²) in [7, 11) is 3.08. The highest BCUT2D eigenvalue weighted by Crippen LogP contribution is 2.36. The van der Waals surface area contributed by atoms with Gasteiger partial charge in [-0.3, -0.25) is 9.36 Å². The Balaban J connectivity index is 1.61. The van der Waals surface area contributed by atoms with E-state index in [1.54, 1.807) is 45.2 Å². The second kappa shape index (κ2) is 12.7. The number of carbonyl (C=O) groups excluding carboxylic acids is 1. The van der Waals surface area contributed by atoms with Gasteiger partial charge in [0, 0.05) is 10.6 Å². The van der Waals surface area contributed by atoms with Crippen molar-refractivity contribution < 1.29 is 23.7 Å². The number of carbonyl (C=O) groups is 1. The average molecular weight is 605 g/mol. The number of para-hydroxylation sites is 1. The van der Waals surface area contributed by atoms with Gasteiger partial charge in [-0.15, -0.1) is 0 Å². The fourth-order valence-corrected chi connectivity index (χ4v) is 5.91. The average Bonchev–Trinajstić information content (AvgIpc) is 3.30. The molecule has 2 heterocycles. The van der Waals surface area contributed by atoms with E-state index < -0.39 is 12.0 Å². The van der Waals surface area contributed by atoms with Gasteiger partial charge < -0.3 is 18.9 Å². The van der Waals surface area contributed by atoms with Crippen molar-refractivity contribution in [2.75, 3.05) is 20.8 Å². The van der Waals surface area contributed by atoms with Gasteiger partial charge in [-0.2, -0.15) is 0 Å². The smallest absolute Gasteiger partial charge is 0.338 e. The van der Waals surface area contributed by atoms with Crippen LogP contribution in [0.3, 0.4) is 0 Å². The van der Waals surface area contributed by atoms with Gasteiger partial charge in [-0.1, -0.05) is 59.3 Å². The standard InChI is InChI=1S/C32H29ClN2O6S/c1-5-40-31(37)28-19(2)34-32-35(29(28)22-12-15-25(38-3)26(16-22)39-4)30(36)27(42-32)17-21-8-6-7-9-24(21)41-18-20-10-13-23(33)14-11-20/h6-17,29H,5,18H2,1-4H3/b27-17-. The van der Waals surface area contributed by atoms with E-state index >= 15 is 0 Å². The van der Waals surface area contributed by atoms with E-state index in [0.29, 0.717) is 49.5 Å².